The van der Waals surface area contributed by atoms with E-state index in [1.165, 1.54) is 12.0 Å². The number of rotatable bonds is 10. The highest BCUT2D eigenvalue weighted by molar-refractivity contribution is 6.30. The highest BCUT2D eigenvalue weighted by atomic mass is 35.5. The lowest BCUT2D eigenvalue weighted by atomic mass is 10.1. The minimum atomic E-state index is -0.732. The third-order valence-corrected chi connectivity index (χ3v) is 6.50. The largest absolute Gasteiger partial charge is 0.469 e. The van der Waals surface area contributed by atoms with Crippen LogP contribution in [0.5, 0.6) is 11.5 Å². The molecule has 9 nitrogen and oxygen atoms in total. The number of hydrogen-bond acceptors (Lipinski definition) is 7. The van der Waals surface area contributed by atoms with E-state index in [9.17, 15) is 14.4 Å². The van der Waals surface area contributed by atoms with Gasteiger partial charge in [0.15, 0.2) is 0 Å². The van der Waals surface area contributed by atoms with Crippen molar-refractivity contribution >= 4 is 41.0 Å². The Morgan fingerprint density at radius 3 is 2.48 bits per heavy atom. The third kappa shape index (κ3) is 7.83. The predicted molar refractivity (Wildman–Crippen MR) is 153 cm³/mol. The van der Waals surface area contributed by atoms with E-state index in [1.807, 2.05) is 60.7 Å². The summed E-state index contributed by atoms with van der Waals surface area (Å²) in [6.45, 7) is 2.13. The number of anilines is 1. The van der Waals surface area contributed by atoms with Crippen LogP contribution in [0.4, 0.5) is 5.69 Å². The van der Waals surface area contributed by atoms with Gasteiger partial charge in [-0.05, 0) is 66.1 Å². The maximum Gasteiger partial charge on any atom is 0.305 e. The summed E-state index contributed by atoms with van der Waals surface area (Å²) in [5.41, 5.74) is 2.55. The van der Waals surface area contributed by atoms with E-state index in [0.717, 1.165) is 11.1 Å². The Morgan fingerprint density at radius 2 is 1.77 bits per heavy atom. The van der Waals surface area contributed by atoms with E-state index in [1.54, 1.807) is 19.1 Å². The molecule has 0 radical (unpaired) electrons. The molecule has 40 heavy (non-hydrogen) atoms. The number of nitrogens with zero attached hydrogens (tertiary/aromatic N) is 2. The van der Waals surface area contributed by atoms with E-state index in [4.69, 9.17) is 21.1 Å². The van der Waals surface area contributed by atoms with Crippen molar-refractivity contribution in [1.29, 1.82) is 0 Å². The third-order valence-electron chi connectivity index (χ3n) is 6.24. The van der Waals surface area contributed by atoms with E-state index in [-0.39, 0.29) is 37.3 Å². The lowest BCUT2D eigenvalue weighted by Crippen LogP contribution is -2.56. The first kappa shape index (κ1) is 28.6. The fourth-order valence-electron chi connectivity index (χ4n) is 4.05. The van der Waals surface area contributed by atoms with E-state index < -0.39 is 6.04 Å². The van der Waals surface area contributed by atoms with Gasteiger partial charge in [-0.15, -0.1) is 0 Å². The number of carbonyl (C=O) groups excluding carboxylic acids is 3. The number of ether oxygens (including phenoxy) is 2. The molecule has 2 amide bonds. The standard InChI is InChI=1S/C30H31ClN4O5/c1-3-27(36)34-26-18-32-30(35(29(26)38)19-21-7-10-22(31)11-8-21)33-23-12-14-24(15-13-23)40-25-6-4-5-20(17-25)9-16-28(37)39-2/h4-8,10-15,17,26H,3,9,16,18-19H2,1-2H3,(H,32,33)(H,34,36). The van der Waals surface area contributed by atoms with Crippen molar-refractivity contribution in [1.82, 2.24) is 10.2 Å². The quantitative estimate of drug-likeness (QED) is 0.339. The molecule has 3 aromatic rings. The minimum absolute atomic E-state index is 0.136. The fourth-order valence-corrected chi connectivity index (χ4v) is 4.18. The number of esters is 1. The molecule has 4 rings (SSSR count). The molecule has 0 spiro atoms. The van der Waals surface area contributed by atoms with Gasteiger partial charge in [-0.3, -0.25) is 19.3 Å². The number of halogens is 1. The van der Waals surface area contributed by atoms with Crippen LogP contribution in [0, 0.1) is 0 Å². The first-order valence-electron chi connectivity index (χ1n) is 12.9. The Hall–Kier alpha value is -4.37. The number of benzene rings is 3. The second-order valence-corrected chi connectivity index (χ2v) is 9.60. The van der Waals surface area contributed by atoms with E-state index in [2.05, 4.69) is 15.6 Å². The molecule has 0 aliphatic carbocycles. The SMILES string of the molecule is CCC(=O)NC1CN=C(Nc2ccc(Oc3cccc(CCC(=O)OC)c3)cc2)N(Cc2ccc(Cl)cc2)C1=O. The molecule has 0 saturated heterocycles. The highest BCUT2D eigenvalue weighted by Gasteiger charge is 2.33. The van der Waals surface area contributed by atoms with E-state index >= 15 is 0 Å². The van der Waals surface area contributed by atoms with Crippen LogP contribution >= 0.6 is 11.6 Å². The number of nitrogens with one attached hydrogen (secondary N) is 2. The van der Waals surface area contributed by atoms with Crippen LogP contribution in [0.3, 0.4) is 0 Å². The molecule has 1 heterocycles. The van der Waals surface area contributed by atoms with Gasteiger partial charge in [0.05, 0.1) is 20.2 Å². The van der Waals surface area contributed by atoms with Crippen molar-refractivity contribution in [3.63, 3.8) is 0 Å². The highest BCUT2D eigenvalue weighted by Crippen LogP contribution is 2.25. The lowest BCUT2D eigenvalue weighted by Gasteiger charge is -2.32. The average molecular weight is 563 g/mol. The predicted octanol–water partition coefficient (Wildman–Crippen LogP) is 4.94. The van der Waals surface area contributed by atoms with Crippen molar-refractivity contribution in [2.45, 2.75) is 38.8 Å². The van der Waals surface area contributed by atoms with Crippen LogP contribution in [-0.2, 0) is 32.1 Å². The molecular weight excluding hydrogens is 532 g/mol. The van der Waals surface area contributed by atoms with Crippen LogP contribution in [0.2, 0.25) is 5.02 Å². The average Bonchev–Trinajstić information content (AvgIpc) is 2.97. The number of carbonyl (C=O) groups is 3. The maximum atomic E-state index is 13.4. The molecule has 1 atom stereocenters. The Kier molecular flexibility index (Phi) is 9.75. The zero-order valence-electron chi connectivity index (χ0n) is 22.4. The second kappa shape index (κ2) is 13.6. The molecule has 0 saturated carbocycles. The zero-order chi connectivity index (χ0) is 28.5. The number of amides is 2. The monoisotopic (exact) mass is 562 g/mol. The second-order valence-electron chi connectivity index (χ2n) is 9.16. The summed E-state index contributed by atoms with van der Waals surface area (Å²) in [6, 6.07) is 21.3. The van der Waals surface area contributed by atoms with Gasteiger partial charge in [0, 0.05) is 23.6 Å². The van der Waals surface area contributed by atoms with Gasteiger partial charge in [0.2, 0.25) is 11.9 Å². The van der Waals surface area contributed by atoms with Gasteiger partial charge in [-0.2, -0.15) is 0 Å². The molecular formula is C30H31ClN4O5. The Bertz CT molecular complexity index is 1380. The Morgan fingerprint density at radius 1 is 1.02 bits per heavy atom. The number of hydrogen-bond donors (Lipinski definition) is 2. The molecule has 0 aromatic heterocycles. The van der Waals surface area contributed by atoms with Gasteiger partial charge in [-0.1, -0.05) is 42.8 Å². The topological polar surface area (TPSA) is 109 Å². The van der Waals surface area contributed by atoms with Crippen molar-refractivity contribution in [3.05, 3.63) is 88.9 Å². The first-order valence-corrected chi connectivity index (χ1v) is 13.3. The summed E-state index contributed by atoms with van der Waals surface area (Å²) in [7, 11) is 1.37. The van der Waals surface area contributed by atoms with Crippen molar-refractivity contribution in [3.8, 4) is 11.5 Å². The summed E-state index contributed by atoms with van der Waals surface area (Å²) in [5, 5.41) is 6.58. The molecule has 10 heteroatoms. The van der Waals surface area contributed by atoms with Gasteiger partial charge in [0.25, 0.3) is 5.91 Å². The summed E-state index contributed by atoms with van der Waals surface area (Å²) >= 11 is 6.03. The molecule has 208 valence electrons. The van der Waals surface area contributed by atoms with Crippen LogP contribution in [0.15, 0.2) is 77.8 Å². The summed E-state index contributed by atoms with van der Waals surface area (Å²) < 4.78 is 10.7. The zero-order valence-corrected chi connectivity index (χ0v) is 23.1. The van der Waals surface area contributed by atoms with Crippen LogP contribution in [-0.4, -0.2) is 48.3 Å². The lowest BCUT2D eigenvalue weighted by molar-refractivity contribution is -0.140. The Balaban J connectivity index is 1.45. The van der Waals surface area contributed by atoms with Crippen molar-refractivity contribution in [2.24, 2.45) is 4.99 Å². The number of methoxy groups -OCH3 is 1. The van der Waals surface area contributed by atoms with Crippen molar-refractivity contribution < 1.29 is 23.9 Å². The van der Waals surface area contributed by atoms with Crippen LogP contribution < -0.4 is 15.4 Å². The van der Waals surface area contributed by atoms with E-state index in [0.29, 0.717) is 41.0 Å². The molecule has 0 bridgehead atoms. The number of aryl methyl sites for hydroxylation is 1. The van der Waals surface area contributed by atoms with Crippen molar-refractivity contribution in [2.75, 3.05) is 19.0 Å². The van der Waals surface area contributed by atoms with Gasteiger partial charge < -0.3 is 20.1 Å². The minimum Gasteiger partial charge on any atom is -0.469 e. The molecule has 1 aliphatic heterocycles. The van der Waals surface area contributed by atoms with Crippen LogP contribution in [0.25, 0.3) is 0 Å². The molecule has 3 aromatic carbocycles. The van der Waals surface area contributed by atoms with Gasteiger partial charge >= 0.3 is 5.97 Å². The molecule has 0 fully saturated rings. The first-order chi connectivity index (χ1) is 19.3. The normalized spacial score (nSPS) is 14.8. The molecule has 2 N–H and O–H groups in total. The van der Waals surface area contributed by atoms with Crippen LogP contribution in [0.1, 0.15) is 30.9 Å². The Labute approximate surface area is 238 Å². The number of guanidine groups is 1. The smallest absolute Gasteiger partial charge is 0.305 e. The molecule has 1 aliphatic rings. The van der Waals surface area contributed by atoms with Gasteiger partial charge in [0.1, 0.15) is 17.5 Å². The maximum absolute atomic E-state index is 13.4. The fraction of sp³-hybridized carbons (Fsp3) is 0.267. The summed E-state index contributed by atoms with van der Waals surface area (Å²) in [6.07, 6.45) is 1.14. The number of aliphatic imine (C=N–C) groups is 1. The summed E-state index contributed by atoms with van der Waals surface area (Å²) in [4.78, 5) is 42.9. The molecule has 1 unspecified atom stereocenters. The summed E-state index contributed by atoms with van der Waals surface area (Å²) in [5.74, 6) is 0.945. The van der Waals surface area contributed by atoms with Gasteiger partial charge in [-0.25, -0.2) is 4.99 Å².